The number of benzene rings is 1. The second kappa shape index (κ2) is 8.62. The lowest BCUT2D eigenvalue weighted by Gasteiger charge is -2.34. The van der Waals surface area contributed by atoms with Crippen LogP contribution in [0.5, 0.6) is 0 Å². The molecule has 0 unspecified atom stereocenters. The van der Waals surface area contributed by atoms with Crippen molar-refractivity contribution in [1.82, 2.24) is 14.7 Å². The average molecular weight is 422 g/mol. The molecule has 2 aliphatic heterocycles. The predicted molar refractivity (Wildman–Crippen MR) is 109 cm³/mol. The number of hydrogen-bond donors (Lipinski definition) is 0. The molecule has 0 aromatic heterocycles. The fraction of sp³-hybridized carbons (Fsp3) is 0.550. The Morgan fingerprint density at radius 2 is 1.66 bits per heavy atom. The minimum Gasteiger partial charge on any atom is -0.336 e. The van der Waals surface area contributed by atoms with Crippen molar-refractivity contribution in [2.75, 3.05) is 51.3 Å². The first-order valence-corrected chi connectivity index (χ1v) is 12.0. The van der Waals surface area contributed by atoms with Crippen molar-refractivity contribution in [3.05, 3.63) is 34.9 Å². The molecule has 29 heavy (non-hydrogen) atoms. The van der Waals surface area contributed by atoms with Crippen LogP contribution >= 0.6 is 0 Å². The summed E-state index contributed by atoms with van der Waals surface area (Å²) in [6.45, 7) is 5.05. The van der Waals surface area contributed by atoms with Crippen LogP contribution in [0.25, 0.3) is 0 Å². The number of nitrogens with zero attached hydrogens (tertiary/aromatic N) is 3. The summed E-state index contributed by atoms with van der Waals surface area (Å²) in [4.78, 5) is 42.9. The molecule has 1 aromatic rings. The van der Waals surface area contributed by atoms with Crippen LogP contribution in [-0.2, 0) is 9.84 Å². The van der Waals surface area contributed by atoms with Gasteiger partial charge in [-0.25, -0.2) is 8.42 Å². The Kier molecular flexibility index (Phi) is 6.38. The maximum atomic E-state index is 12.9. The molecule has 0 atom stereocenters. The Bertz CT molecular complexity index is 920. The Hall–Kier alpha value is -2.26. The van der Waals surface area contributed by atoms with Crippen molar-refractivity contribution in [3.8, 4) is 0 Å². The smallest absolute Gasteiger partial charge is 0.261 e. The van der Waals surface area contributed by atoms with E-state index in [0.29, 0.717) is 56.0 Å². The summed E-state index contributed by atoms with van der Waals surface area (Å²) in [6.07, 6.45) is 2.85. The van der Waals surface area contributed by atoms with E-state index in [1.807, 2.05) is 11.8 Å². The monoisotopic (exact) mass is 421 g/mol. The number of piperazine rings is 1. The molecule has 9 heteroatoms. The number of fused-ring (bicyclic) bond motifs is 1. The van der Waals surface area contributed by atoms with Gasteiger partial charge in [0.2, 0.25) is 0 Å². The Balaban J connectivity index is 1.65. The van der Waals surface area contributed by atoms with Gasteiger partial charge in [0.1, 0.15) is 9.84 Å². The average Bonchev–Trinajstić information content (AvgIpc) is 2.94. The summed E-state index contributed by atoms with van der Waals surface area (Å²) in [5, 5.41) is 0. The Labute approximate surface area is 171 Å². The van der Waals surface area contributed by atoms with E-state index in [0.717, 1.165) is 12.8 Å². The van der Waals surface area contributed by atoms with E-state index in [9.17, 15) is 22.8 Å². The van der Waals surface area contributed by atoms with Crippen molar-refractivity contribution in [1.29, 1.82) is 0 Å². The van der Waals surface area contributed by atoms with Crippen LogP contribution in [-0.4, -0.2) is 92.1 Å². The number of carbonyl (C=O) groups excluding carboxylic acids is 3. The molecule has 2 heterocycles. The first kappa shape index (κ1) is 21.4. The van der Waals surface area contributed by atoms with E-state index in [4.69, 9.17) is 0 Å². The zero-order valence-electron chi connectivity index (χ0n) is 16.9. The molecule has 1 fully saturated rings. The molecule has 1 aromatic carbocycles. The van der Waals surface area contributed by atoms with Crippen LogP contribution < -0.4 is 0 Å². The van der Waals surface area contributed by atoms with Crippen molar-refractivity contribution in [3.63, 3.8) is 0 Å². The number of amides is 3. The summed E-state index contributed by atoms with van der Waals surface area (Å²) in [7, 11) is -3.01. The predicted octanol–water partition coefficient (Wildman–Crippen LogP) is 0.885. The molecule has 3 rings (SSSR count). The minimum absolute atomic E-state index is 0.108. The molecule has 3 amide bonds. The van der Waals surface area contributed by atoms with Gasteiger partial charge in [-0.15, -0.1) is 0 Å². The fourth-order valence-corrected chi connectivity index (χ4v) is 4.18. The van der Waals surface area contributed by atoms with Gasteiger partial charge < -0.3 is 4.90 Å². The van der Waals surface area contributed by atoms with Crippen molar-refractivity contribution < 1.29 is 22.8 Å². The summed E-state index contributed by atoms with van der Waals surface area (Å²) in [5.74, 6) is -0.699. The largest absolute Gasteiger partial charge is 0.336 e. The van der Waals surface area contributed by atoms with Gasteiger partial charge >= 0.3 is 0 Å². The highest BCUT2D eigenvalue weighted by atomic mass is 32.2. The zero-order valence-corrected chi connectivity index (χ0v) is 17.7. The van der Waals surface area contributed by atoms with Crippen LogP contribution in [0.4, 0.5) is 0 Å². The van der Waals surface area contributed by atoms with Gasteiger partial charge in [-0.3, -0.25) is 24.2 Å². The van der Waals surface area contributed by atoms with Crippen LogP contribution in [0.1, 0.15) is 50.8 Å². The van der Waals surface area contributed by atoms with Crippen molar-refractivity contribution >= 4 is 27.6 Å². The zero-order chi connectivity index (χ0) is 21.2. The lowest BCUT2D eigenvalue weighted by Crippen LogP contribution is -2.49. The van der Waals surface area contributed by atoms with E-state index < -0.39 is 9.84 Å². The summed E-state index contributed by atoms with van der Waals surface area (Å²) in [5.41, 5.74) is 1.05. The fourth-order valence-electron chi connectivity index (χ4n) is 3.60. The topological polar surface area (TPSA) is 95.1 Å². The van der Waals surface area contributed by atoms with Gasteiger partial charge in [-0.05, 0) is 24.6 Å². The molecule has 0 aliphatic carbocycles. The molecular formula is C20H27N3O5S. The number of rotatable bonds is 7. The van der Waals surface area contributed by atoms with Crippen molar-refractivity contribution in [2.24, 2.45) is 0 Å². The third-order valence-electron chi connectivity index (χ3n) is 5.39. The van der Waals surface area contributed by atoms with Gasteiger partial charge in [0.05, 0.1) is 16.9 Å². The quantitative estimate of drug-likeness (QED) is 0.607. The summed E-state index contributed by atoms with van der Waals surface area (Å²) < 4.78 is 22.6. The second-order valence-corrected chi connectivity index (χ2v) is 9.90. The molecule has 0 radical (unpaired) electrons. The Morgan fingerprint density at radius 3 is 2.28 bits per heavy atom. The second-order valence-electron chi connectivity index (χ2n) is 7.64. The molecular weight excluding hydrogens is 394 g/mol. The number of sulfone groups is 1. The van der Waals surface area contributed by atoms with Crippen LogP contribution in [0, 0.1) is 0 Å². The SMILES string of the molecule is CCCCN1C(=O)c2ccc(C(=O)N3CCN(CCS(C)(=O)=O)CC3)cc2C1=O. The van der Waals surface area contributed by atoms with Crippen LogP contribution in [0.3, 0.4) is 0 Å². The number of hydrogen-bond acceptors (Lipinski definition) is 6. The highest BCUT2D eigenvalue weighted by Gasteiger charge is 2.36. The van der Waals surface area contributed by atoms with Crippen LogP contribution in [0.2, 0.25) is 0 Å². The first-order chi connectivity index (χ1) is 13.7. The first-order valence-electron chi connectivity index (χ1n) is 9.91. The maximum Gasteiger partial charge on any atom is 0.261 e. The normalized spacial score (nSPS) is 17.7. The van der Waals surface area contributed by atoms with E-state index in [1.165, 1.54) is 17.2 Å². The molecule has 158 valence electrons. The molecule has 1 saturated heterocycles. The van der Waals surface area contributed by atoms with E-state index >= 15 is 0 Å². The molecule has 0 saturated carbocycles. The summed E-state index contributed by atoms with van der Waals surface area (Å²) in [6, 6.07) is 4.70. The minimum atomic E-state index is -3.01. The number of unbranched alkanes of at least 4 members (excludes halogenated alkanes) is 1. The van der Waals surface area contributed by atoms with Crippen molar-refractivity contribution in [2.45, 2.75) is 19.8 Å². The third kappa shape index (κ3) is 4.84. The lowest BCUT2D eigenvalue weighted by atomic mass is 10.0. The van der Waals surface area contributed by atoms with Gasteiger partial charge in [-0.2, -0.15) is 0 Å². The maximum absolute atomic E-state index is 12.9. The highest BCUT2D eigenvalue weighted by molar-refractivity contribution is 7.90. The number of carbonyl (C=O) groups is 3. The molecule has 0 bridgehead atoms. The highest BCUT2D eigenvalue weighted by Crippen LogP contribution is 2.25. The number of imide groups is 1. The lowest BCUT2D eigenvalue weighted by molar-refractivity contribution is 0.0640. The van der Waals surface area contributed by atoms with Gasteiger partial charge in [0, 0.05) is 51.1 Å². The molecule has 2 aliphatic rings. The third-order valence-corrected chi connectivity index (χ3v) is 6.31. The molecule has 8 nitrogen and oxygen atoms in total. The van der Waals surface area contributed by atoms with E-state index in [2.05, 4.69) is 0 Å². The van der Waals surface area contributed by atoms with Gasteiger partial charge in [-0.1, -0.05) is 13.3 Å². The standard InChI is InChI=1S/C20H27N3O5S/c1-3-4-7-23-19(25)16-6-5-15(14-17(16)20(23)26)18(24)22-10-8-21(9-11-22)12-13-29(2,27)28/h5-6,14H,3-4,7-13H2,1-2H3. The van der Waals surface area contributed by atoms with Crippen LogP contribution in [0.15, 0.2) is 18.2 Å². The summed E-state index contributed by atoms with van der Waals surface area (Å²) >= 11 is 0. The van der Waals surface area contributed by atoms with Gasteiger partial charge in [0.25, 0.3) is 17.7 Å². The van der Waals surface area contributed by atoms with E-state index in [1.54, 1.807) is 17.0 Å². The Morgan fingerprint density at radius 1 is 1.00 bits per heavy atom. The van der Waals surface area contributed by atoms with Gasteiger partial charge in [0.15, 0.2) is 0 Å². The van der Waals surface area contributed by atoms with E-state index in [-0.39, 0.29) is 23.5 Å². The molecule has 0 N–H and O–H groups in total. The molecule has 0 spiro atoms.